The minimum atomic E-state index is -3.77. The fourth-order valence-electron chi connectivity index (χ4n) is 2.70. The number of sulfone groups is 1. The van der Waals surface area contributed by atoms with E-state index in [4.69, 9.17) is 4.74 Å². The van der Waals surface area contributed by atoms with Crippen molar-refractivity contribution in [2.45, 2.75) is 31.5 Å². The third kappa shape index (κ3) is 3.57. The second-order valence-electron chi connectivity index (χ2n) is 7.38. The molecule has 0 saturated heterocycles. The van der Waals surface area contributed by atoms with Gasteiger partial charge in [-0.05, 0) is 32.9 Å². The highest BCUT2D eigenvalue weighted by atomic mass is 32.2. The first-order chi connectivity index (χ1) is 12.8. The Balaban J connectivity index is 2.28. The highest BCUT2D eigenvalue weighted by Gasteiger charge is 2.25. The molecule has 2 aromatic heterocycles. The SMILES string of the molecule is CN(C(=O)OC(C)(C)C)c1cc(F)cc2c1[nH]c1nc(S(C)(=O)=O)[nH]c(=O)c12. The molecule has 9 nitrogen and oxygen atoms in total. The molecule has 0 radical (unpaired) electrons. The van der Waals surface area contributed by atoms with E-state index in [1.807, 2.05) is 0 Å². The first-order valence-electron chi connectivity index (χ1n) is 8.20. The highest BCUT2D eigenvalue weighted by Crippen LogP contribution is 2.32. The van der Waals surface area contributed by atoms with E-state index in [2.05, 4.69) is 15.0 Å². The number of carbonyl (C=O) groups is 1. The second-order valence-corrected chi connectivity index (χ2v) is 9.31. The van der Waals surface area contributed by atoms with Crippen LogP contribution in [0.2, 0.25) is 0 Å². The Bertz CT molecular complexity index is 1270. The molecule has 1 aromatic carbocycles. The Hall–Kier alpha value is -2.95. The monoisotopic (exact) mass is 410 g/mol. The Kier molecular flexibility index (Phi) is 4.45. The number of H-pyrrole nitrogens is 2. The summed E-state index contributed by atoms with van der Waals surface area (Å²) in [5, 5.41) is -0.367. The Morgan fingerprint density at radius 2 is 1.89 bits per heavy atom. The first-order valence-corrected chi connectivity index (χ1v) is 10.1. The van der Waals surface area contributed by atoms with Crippen LogP contribution < -0.4 is 10.5 Å². The summed E-state index contributed by atoms with van der Waals surface area (Å²) in [4.78, 5) is 34.8. The number of aromatic nitrogens is 3. The summed E-state index contributed by atoms with van der Waals surface area (Å²) >= 11 is 0. The molecular weight excluding hydrogens is 391 g/mol. The molecule has 150 valence electrons. The summed E-state index contributed by atoms with van der Waals surface area (Å²) in [6.45, 7) is 5.08. The van der Waals surface area contributed by atoms with Gasteiger partial charge in [-0.2, -0.15) is 0 Å². The van der Waals surface area contributed by atoms with Crippen LogP contribution >= 0.6 is 0 Å². The van der Waals surface area contributed by atoms with Gasteiger partial charge in [0.05, 0.1) is 16.6 Å². The predicted molar refractivity (Wildman–Crippen MR) is 102 cm³/mol. The molecule has 3 rings (SSSR count). The molecule has 1 amide bonds. The molecule has 0 aliphatic carbocycles. The normalized spacial score (nSPS) is 12.5. The molecule has 0 saturated carbocycles. The zero-order valence-corrected chi connectivity index (χ0v) is 16.7. The van der Waals surface area contributed by atoms with Crippen LogP contribution in [0.1, 0.15) is 20.8 Å². The van der Waals surface area contributed by atoms with E-state index >= 15 is 0 Å². The standard InChI is InChI=1S/C17H19FN4O5S/c1-17(2,3)27-16(24)22(4)10-7-8(18)6-9-11-13(19-12(9)10)20-15(21-14(11)23)28(5,25)26/h6-7H,1-5H3,(H2,19,20,21,23). The maximum atomic E-state index is 14.2. The van der Waals surface area contributed by atoms with Crippen LogP contribution in [-0.4, -0.2) is 48.4 Å². The number of halogens is 1. The molecule has 28 heavy (non-hydrogen) atoms. The molecule has 0 atom stereocenters. The van der Waals surface area contributed by atoms with Crippen molar-refractivity contribution in [1.29, 1.82) is 0 Å². The smallest absolute Gasteiger partial charge is 0.414 e. The lowest BCUT2D eigenvalue weighted by molar-refractivity contribution is 0.0589. The third-order valence-electron chi connectivity index (χ3n) is 3.87. The minimum absolute atomic E-state index is 0.0132. The number of anilines is 1. The lowest BCUT2D eigenvalue weighted by Gasteiger charge is -2.25. The van der Waals surface area contributed by atoms with E-state index < -0.39 is 38.1 Å². The zero-order chi connectivity index (χ0) is 21.0. The Labute approximate surface area is 159 Å². The van der Waals surface area contributed by atoms with Gasteiger partial charge >= 0.3 is 6.09 Å². The Morgan fingerprint density at radius 1 is 1.25 bits per heavy atom. The molecule has 0 spiro atoms. The molecule has 2 heterocycles. The maximum Gasteiger partial charge on any atom is 0.414 e. The fourth-order valence-corrected chi connectivity index (χ4v) is 3.24. The van der Waals surface area contributed by atoms with E-state index in [1.165, 1.54) is 7.05 Å². The van der Waals surface area contributed by atoms with E-state index in [0.29, 0.717) is 0 Å². The number of nitrogens with zero attached hydrogens (tertiary/aromatic N) is 2. The molecular formula is C17H19FN4O5S. The van der Waals surface area contributed by atoms with Gasteiger partial charge in [-0.1, -0.05) is 0 Å². The van der Waals surface area contributed by atoms with E-state index in [0.717, 1.165) is 23.3 Å². The van der Waals surface area contributed by atoms with Crippen LogP contribution in [-0.2, 0) is 14.6 Å². The number of benzene rings is 1. The number of ether oxygens (including phenoxy) is 1. The average Bonchev–Trinajstić information content (AvgIpc) is 2.89. The van der Waals surface area contributed by atoms with Gasteiger partial charge in [-0.3, -0.25) is 14.7 Å². The van der Waals surface area contributed by atoms with Gasteiger partial charge in [-0.25, -0.2) is 22.6 Å². The van der Waals surface area contributed by atoms with Crippen LogP contribution in [0.25, 0.3) is 21.9 Å². The number of amides is 1. The van der Waals surface area contributed by atoms with Gasteiger partial charge in [-0.15, -0.1) is 0 Å². The molecule has 3 aromatic rings. The van der Waals surface area contributed by atoms with Crippen molar-refractivity contribution < 1.29 is 22.3 Å². The number of hydrogen-bond acceptors (Lipinski definition) is 6. The number of nitrogens with one attached hydrogen (secondary N) is 2. The van der Waals surface area contributed by atoms with Crippen molar-refractivity contribution in [2.24, 2.45) is 0 Å². The molecule has 0 fully saturated rings. The first kappa shape index (κ1) is 19.8. The van der Waals surface area contributed by atoms with Gasteiger partial charge < -0.3 is 9.72 Å². The number of carbonyl (C=O) groups excluding carboxylic acids is 1. The summed E-state index contributed by atoms with van der Waals surface area (Å²) in [5.74, 6) is -0.689. The van der Waals surface area contributed by atoms with Crippen molar-refractivity contribution in [2.75, 3.05) is 18.2 Å². The van der Waals surface area contributed by atoms with Crippen LogP contribution in [0.15, 0.2) is 22.1 Å². The minimum Gasteiger partial charge on any atom is -0.443 e. The van der Waals surface area contributed by atoms with Crippen molar-refractivity contribution in [3.8, 4) is 0 Å². The topological polar surface area (TPSA) is 125 Å². The number of hydrogen-bond donors (Lipinski definition) is 2. The molecule has 0 aliphatic heterocycles. The summed E-state index contributed by atoms with van der Waals surface area (Å²) < 4.78 is 43.0. The largest absolute Gasteiger partial charge is 0.443 e. The maximum absolute atomic E-state index is 14.2. The van der Waals surface area contributed by atoms with Gasteiger partial charge in [0.25, 0.3) is 5.56 Å². The van der Waals surface area contributed by atoms with E-state index in [1.54, 1.807) is 20.8 Å². The summed E-state index contributed by atoms with van der Waals surface area (Å²) in [7, 11) is -2.37. The highest BCUT2D eigenvalue weighted by molar-refractivity contribution is 7.90. The average molecular weight is 410 g/mol. The molecule has 11 heteroatoms. The van der Waals surface area contributed by atoms with Crippen LogP contribution in [0.3, 0.4) is 0 Å². The number of aromatic amines is 2. The fraction of sp³-hybridized carbons (Fsp3) is 0.353. The number of rotatable bonds is 2. The summed E-state index contributed by atoms with van der Waals surface area (Å²) in [5.41, 5.74) is -1.19. The molecule has 2 N–H and O–H groups in total. The Morgan fingerprint density at radius 3 is 2.46 bits per heavy atom. The van der Waals surface area contributed by atoms with Crippen LogP contribution in [0, 0.1) is 5.82 Å². The third-order valence-corrected chi connectivity index (χ3v) is 4.77. The van der Waals surface area contributed by atoms with Crippen molar-refractivity contribution >= 4 is 43.6 Å². The summed E-state index contributed by atoms with van der Waals surface area (Å²) in [6.07, 6.45) is 0.179. The van der Waals surface area contributed by atoms with Gasteiger partial charge in [0.1, 0.15) is 17.1 Å². The zero-order valence-electron chi connectivity index (χ0n) is 15.9. The van der Waals surface area contributed by atoms with Crippen LogP contribution in [0.5, 0.6) is 0 Å². The second kappa shape index (κ2) is 6.30. The predicted octanol–water partition coefficient (Wildman–Crippen LogP) is 2.32. The molecule has 0 aliphatic rings. The molecule has 0 unspecified atom stereocenters. The lowest BCUT2D eigenvalue weighted by Crippen LogP contribution is -2.34. The number of fused-ring (bicyclic) bond motifs is 3. The summed E-state index contributed by atoms with van der Waals surface area (Å²) in [6, 6.07) is 2.21. The van der Waals surface area contributed by atoms with Crippen molar-refractivity contribution in [3.63, 3.8) is 0 Å². The van der Waals surface area contributed by atoms with E-state index in [-0.39, 0.29) is 27.6 Å². The van der Waals surface area contributed by atoms with E-state index in [9.17, 15) is 22.4 Å². The molecule has 0 bridgehead atoms. The van der Waals surface area contributed by atoms with Gasteiger partial charge in [0.2, 0.25) is 15.0 Å². The van der Waals surface area contributed by atoms with Gasteiger partial charge in [0.15, 0.2) is 0 Å². The van der Waals surface area contributed by atoms with Crippen LogP contribution in [0.4, 0.5) is 14.9 Å². The van der Waals surface area contributed by atoms with Crippen molar-refractivity contribution in [1.82, 2.24) is 15.0 Å². The van der Waals surface area contributed by atoms with Gasteiger partial charge in [0, 0.05) is 18.7 Å². The van der Waals surface area contributed by atoms with Crippen molar-refractivity contribution in [3.05, 3.63) is 28.3 Å². The lowest BCUT2D eigenvalue weighted by atomic mass is 10.1. The quantitative estimate of drug-likeness (QED) is 0.625.